The summed E-state index contributed by atoms with van der Waals surface area (Å²) in [5.74, 6) is 0.557. The lowest BCUT2D eigenvalue weighted by molar-refractivity contribution is 0.0682. The summed E-state index contributed by atoms with van der Waals surface area (Å²) in [6, 6.07) is 14.1. The second kappa shape index (κ2) is 8.90. The molecule has 4 rings (SSSR count). The first-order valence-electron chi connectivity index (χ1n) is 9.37. The van der Waals surface area contributed by atoms with Crippen LogP contribution in [0.25, 0.3) is 16.3 Å². The van der Waals surface area contributed by atoms with Gasteiger partial charge in [-0.25, -0.2) is 4.68 Å². The summed E-state index contributed by atoms with van der Waals surface area (Å²) < 4.78 is 1.80. The molecule has 1 aliphatic heterocycles. The molecule has 5 nitrogen and oxygen atoms in total. The van der Waals surface area contributed by atoms with E-state index in [0.29, 0.717) is 11.5 Å². The van der Waals surface area contributed by atoms with Crippen molar-refractivity contribution >= 4 is 29.7 Å². The van der Waals surface area contributed by atoms with Crippen LogP contribution in [-0.2, 0) is 0 Å². The zero-order chi connectivity index (χ0) is 18.8. The van der Waals surface area contributed by atoms with Gasteiger partial charge >= 0.3 is 0 Å². The lowest BCUT2D eigenvalue weighted by atomic mass is 9.90. The van der Waals surface area contributed by atoms with E-state index < -0.39 is 0 Å². The average Bonchev–Trinajstić information content (AvgIpc) is 3.38. The minimum absolute atomic E-state index is 0. The molecule has 0 spiro atoms. The molecule has 7 heteroatoms. The Morgan fingerprint density at radius 2 is 1.89 bits per heavy atom. The van der Waals surface area contributed by atoms with Crippen LogP contribution < -0.4 is 5.73 Å². The first kappa shape index (κ1) is 20.6. The second-order valence-corrected chi connectivity index (χ2v) is 8.09. The number of aromatic nitrogens is 2. The zero-order valence-corrected chi connectivity index (χ0v) is 17.5. The molecule has 1 amide bonds. The number of rotatable bonds is 4. The average molecular weight is 417 g/mol. The van der Waals surface area contributed by atoms with Crippen LogP contribution in [0.4, 0.5) is 0 Å². The monoisotopic (exact) mass is 416 g/mol. The van der Waals surface area contributed by atoms with Crippen LogP contribution in [0.2, 0.25) is 0 Å². The normalized spacial score (nSPS) is 15.9. The fourth-order valence-corrected chi connectivity index (χ4v) is 4.36. The topological polar surface area (TPSA) is 64.2 Å². The van der Waals surface area contributed by atoms with Crippen LogP contribution >= 0.6 is 23.7 Å². The van der Waals surface area contributed by atoms with Crippen LogP contribution in [0.5, 0.6) is 0 Å². The molecule has 148 valence electrons. The number of para-hydroxylation sites is 1. The van der Waals surface area contributed by atoms with Crippen LogP contribution in [-0.4, -0.2) is 39.7 Å². The van der Waals surface area contributed by atoms with Crippen LogP contribution in [0.1, 0.15) is 30.1 Å². The van der Waals surface area contributed by atoms with Crippen molar-refractivity contribution in [2.75, 3.05) is 13.1 Å². The minimum atomic E-state index is 0. The van der Waals surface area contributed by atoms with Gasteiger partial charge in [0.15, 0.2) is 0 Å². The van der Waals surface area contributed by atoms with Crippen LogP contribution in [0, 0.1) is 5.92 Å². The molecule has 1 aromatic carbocycles. The van der Waals surface area contributed by atoms with Gasteiger partial charge in [0.05, 0.1) is 16.1 Å². The summed E-state index contributed by atoms with van der Waals surface area (Å²) in [5.41, 5.74) is 8.41. The molecular formula is C21H25ClN4OS. The predicted molar refractivity (Wildman–Crippen MR) is 116 cm³/mol. The molecule has 28 heavy (non-hydrogen) atoms. The minimum Gasteiger partial charge on any atom is -0.339 e. The van der Waals surface area contributed by atoms with Crippen molar-refractivity contribution in [3.05, 3.63) is 59.6 Å². The van der Waals surface area contributed by atoms with Crippen molar-refractivity contribution < 1.29 is 4.79 Å². The van der Waals surface area contributed by atoms with Crippen molar-refractivity contribution in [2.45, 2.75) is 25.8 Å². The maximum atomic E-state index is 13.3. The van der Waals surface area contributed by atoms with Gasteiger partial charge in [-0.2, -0.15) is 5.10 Å². The summed E-state index contributed by atoms with van der Waals surface area (Å²) in [6.45, 7) is 3.57. The molecule has 1 fully saturated rings. The van der Waals surface area contributed by atoms with Crippen molar-refractivity contribution in [3.63, 3.8) is 0 Å². The fourth-order valence-electron chi connectivity index (χ4n) is 3.64. The van der Waals surface area contributed by atoms with Gasteiger partial charge in [0.25, 0.3) is 5.91 Å². The molecule has 0 bridgehead atoms. The lowest BCUT2D eigenvalue weighted by Crippen LogP contribution is -2.42. The van der Waals surface area contributed by atoms with Crippen LogP contribution in [0.15, 0.2) is 54.0 Å². The Kier molecular flexibility index (Phi) is 6.54. The maximum Gasteiger partial charge on any atom is 0.257 e. The van der Waals surface area contributed by atoms with E-state index in [1.165, 1.54) is 0 Å². The number of piperidine rings is 1. The van der Waals surface area contributed by atoms with Crippen molar-refractivity contribution in [2.24, 2.45) is 11.7 Å². The number of amides is 1. The number of halogens is 1. The summed E-state index contributed by atoms with van der Waals surface area (Å²) >= 11 is 1.60. The standard InChI is InChI=1S/C21H24N4OS.ClH/c1-15(22)16-9-11-24(12-10-16)21(26)18-14-25(17-6-3-2-4-7-17)23-20(18)19-8-5-13-27-19;/h2-8,13-16H,9-12,22H2,1H3;1H. The third-order valence-corrected chi connectivity index (χ3v) is 6.17. The second-order valence-electron chi connectivity index (χ2n) is 7.14. The van der Waals surface area contributed by atoms with E-state index in [0.717, 1.165) is 42.2 Å². The first-order valence-corrected chi connectivity index (χ1v) is 10.3. The van der Waals surface area contributed by atoms with Gasteiger partial charge in [-0.15, -0.1) is 23.7 Å². The number of nitrogens with two attached hydrogens (primary N) is 1. The van der Waals surface area contributed by atoms with E-state index in [9.17, 15) is 4.79 Å². The Bertz CT molecular complexity index is 900. The highest BCUT2D eigenvalue weighted by Crippen LogP contribution is 2.30. The SMILES string of the molecule is CC(N)C1CCN(C(=O)c2cn(-c3ccccc3)nc2-c2cccs2)CC1.Cl. The predicted octanol–water partition coefficient (Wildman–Crippen LogP) is 4.22. The molecule has 1 aliphatic rings. The highest BCUT2D eigenvalue weighted by atomic mass is 35.5. The summed E-state index contributed by atoms with van der Waals surface area (Å²) in [7, 11) is 0. The van der Waals surface area contributed by atoms with Gasteiger partial charge in [0, 0.05) is 25.3 Å². The third-order valence-electron chi connectivity index (χ3n) is 5.29. The van der Waals surface area contributed by atoms with Crippen LogP contribution in [0.3, 0.4) is 0 Å². The number of likely N-dealkylation sites (tertiary alicyclic amines) is 1. The van der Waals surface area contributed by atoms with Gasteiger partial charge in [-0.3, -0.25) is 4.79 Å². The Labute approximate surface area is 175 Å². The molecule has 3 heterocycles. The largest absolute Gasteiger partial charge is 0.339 e. The molecule has 2 N–H and O–H groups in total. The molecule has 0 aliphatic carbocycles. The molecule has 0 radical (unpaired) electrons. The molecule has 3 aromatic rings. The van der Waals surface area contributed by atoms with Crippen molar-refractivity contribution in [1.29, 1.82) is 0 Å². The number of hydrogen-bond donors (Lipinski definition) is 1. The van der Waals surface area contributed by atoms with Gasteiger partial charge in [0.1, 0.15) is 5.69 Å². The summed E-state index contributed by atoms with van der Waals surface area (Å²) in [4.78, 5) is 16.2. The summed E-state index contributed by atoms with van der Waals surface area (Å²) in [5, 5.41) is 6.75. The first-order chi connectivity index (χ1) is 13.1. The Balaban J connectivity index is 0.00000225. The van der Waals surface area contributed by atoms with Gasteiger partial charge in [0.2, 0.25) is 0 Å². The van der Waals surface area contributed by atoms with Gasteiger partial charge < -0.3 is 10.6 Å². The Morgan fingerprint density at radius 3 is 2.50 bits per heavy atom. The lowest BCUT2D eigenvalue weighted by Gasteiger charge is -2.33. The maximum absolute atomic E-state index is 13.3. The summed E-state index contributed by atoms with van der Waals surface area (Å²) in [6.07, 6.45) is 3.79. The highest BCUT2D eigenvalue weighted by molar-refractivity contribution is 7.13. The van der Waals surface area contributed by atoms with Crippen molar-refractivity contribution in [1.82, 2.24) is 14.7 Å². The van der Waals surface area contributed by atoms with Crippen molar-refractivity contribution in [3.8, 4) is 16.3 Å². The number of nitrogens with zero attached hydrogens (tertiary/aromatic N) is 3. The number of hydrogen-bond acceptors (Lipinski definition) is 4. The molecule has 0 saturated carbocycles. The van der Waals surface area contributed by atoms with E-state index in [2.05, 4.69) is 6.92 Å². The Morgan fingerprint density at radius 1 is 1.18 bits per heavy atom. The van der Waals surface area contributed by atoms with E-state index >= 15 is 0 Å². The van der Waals surface area contributed by atoms with E-state index in [1.54, 1.807) is 16.0 Å². The molecule has 1 saturated heterocycles. The molecule has 2 aromatic heterocycles. The number of benzene rings is 1. The fraction of sp³-hybridized carbons (Fsp3) is 0.333. The molecular weight excluding hydrogens is 392 g/mol. The molecule has 1 unspecified atom stereocenters. The third kappa shape index (κ3) is 4.14. The number of carbonyl (C=O) groups is 1. The van der Waals surface area contributed by atoms with E-state index in [1.807, 2.05) is 58.9 Å². The molecule has 1 atom stereocenters. The van der Waals surface area contributed by atoms with E-state index in [-0.39, 0.29) is 24.4 Å². The number of thiophene rings is 1. The quantitative estimate of drug-likeness (QED) is 0.692. The zero-order valence-electron chi connectivity index (χ0n) is 15.8. The van der Waals surface area contributed by atoms with E-state index in [4.69, 9.17) is 10.8 Å². The Hall–Kier alpha value is -2.15. The smallest absolute Gasteiger partial charge is 0.257 e. The highest BCUT2D eigenvalue weighted by Gasteiger charge is 2.28. The number of carbonyl (C=O) groups excluding carboxylic acids is 1. The van der Waals surface area contributed by atoms with Gasteiger partial charge in [-0.05, 0) is 49.3 Å². The van der Waals surface area contributed by atoms with Gasteiger partial charge in [-0.1, -0.05) is 24.3 Å².